The van der Waals surface area contributed by atoms with Gasteiger partial charge in [0.15, 0.2) is 0 Å². The molecule has 26 heavy (non-hydrogen) atoms. The van der Waals surface area contributed by atoms with Gasteiger partial charge in [-0.05, 0) is 67.6 Å². The van der Waals surface area contributed by atoms with Gasteiger partial charge in [-0.1, -0.05) is 6.07 Å². The van der Waals surface area contributed by atoms with Gasteiger partial charge in [0, 0.05) is 25.8 Å². The summed E-state index contributed by atoms with van der Waals surface area (Å²) < 4.78 is 5.70. The maximum absolute atomic E-state index is 12.1. The van der Waals surface area contributed by atoms with Crippen LogP contribution in [0.4, 0.5) is 5.82 Å². The third kappa shape index (κ3) is 5.22. The van der Waals surface area contributed by atoms with Crippen LogP contribution in [0.1, 0.15) is 36.0 Å². The van der Waals surface area contributed by atoms with Gasteiger partial charge in [0.05, 0.1) is 13.0 Å². The second-order valence-electron chi connectivity index (χ2n) is 6.92. The highest BCUT2D eigenvalue weighted by atomic mass is 16.5. The zero-order valence-corrected chi connectivity index (χ0v) is 15.6. The molecule has 1 aromatic heterocycles. The SMILES string of the molecule is Cc1cc(C)cc(OCCC(=O)NCc2ccnc(N3CCCC3)c2)c1. The minimum Gasteiger partial charge on any atom is -0.493 e. The van der Waals surface area contributed by atoms with Gasteiger partial charge >= 0.3 is 0 Å². The molecule has 0 atom stereocenters. The summed E-state index contributed by atoms with van der Waals surface area (Å²) in [4.78, 5) is 18.8. The fraction of sp³-hybridized carbons (Fsp3) is 0.429. The molecule has 0 unspecified atom stereocenters. The Labute approximate surface area is 155 Å². The van der Waals surface area contributed by atoms with Gasteiger partial charge in [0.25, 0.3) is 0 Å². The number of benzene rings is 1. The van der Waals surface area contributed by atoms with E-state index in [0.29, 0.717) is 19.6 Å². The summed E-state index contributed by atoms with van der Waals surface area (Å²) in [5, 5.41) is 2.96. The second kappa shape index (κ2) is 8.70. The number of aryl methyl sites for hydroxylation is 2. The summed E-state index contributed by atoms with van der Waals surface area (Å²) in [6, 6.07) is 10.1. The normalized spacial score (nSPS) is 13.7. The van der Waals surface area contributed by atoms with Crippen molar-refractivity contribution in [3.05, 3.63) is 53.2 Å². The smallest absolute Gasteiger partial charge is 0.223 e. The zero-order valence-electron chi connectivity index (χ0n) is 15.6. The Morgan fingerprint density at radius 3 is 2.62 bits per heavy atom. The molecule has 0 radical (unpaired) electrons. The molecule has 1 aromatic carbocycles. The average Bonchev–Trinajstić information content (AvgIpc) is 3.14. The average molecular weight is 353 g/mol. The number of pyridine rings is 1. The number of hydrogen-bond donors (Lipinski definition) is 1. The second-order valence-corrected chi connectivity index (χ2v) is 6.92. The number of aromatic nitrogens is 1. The van der Waals surface area contributed by atoms with Crippen LogP contribution in [0.3, 0.4) is 0 Å². The molecular weight excluding hydrogens is 326 g/mol. The molecule has 0 saturated carbocycles. The van der Waals surface area contributed by atoms with Crippen LogP contribution >= 0.6 is 0 Å². The fourth-order valence-electron chi connectivity index (χ4n) is 3.26. The van der Waals surface area contributed by atoms with E-state index in [9.17, 15) is 4.79 Å². The molecule has 1 fully saturated rings. The summed E-state index contributed by atoms with van der Waals surface area (Å²) in [5.74, 6) is 1.82. The van der Waals surface area contributed by atoms with Crippen molar-refractivity contribution in [2.45, 2.75) is 39.7 Å². The largest absolute Gasteiger partial charge is 0.493 e. The number of carbonyl (C=O) groups is 1. The Morgan fingerprint density at radius 1 is 1.15 bits per heavy atom. The van der Waals surface area contributed by atoms with Crippen LogP contribution in [0.15, 0.2) is 36.5 Å². The third-order valence-corrected chi connectivity index (χ3v) is 4.52. The van der Waals surface area contributed by atoms with Crippen molar-refractivity contribution < 1.29 is 9.53 Å². The molecule has 138 valence electrons. The predicted octanol–water partition coefficient (Wildman–Crippen LogP) is 3.38. The van der Waals surface area contributed by atoms with Crippen LogP contribution in [0.2, 0.25) is 0 Å². The Bertz CT molecular complexity index is 734. The van der Waals surface area contributed by atoms with Crippen molar-refractivity contribution in [1.29, 1.82) is 0 Å². The van der Waals surface area contributed by atoms with Crippen LogP contribution in [-0.2, 0) is 11.3 Å². The molecule has 3 rings (SSSR count). The molecule has 0 aliphatic carbocycles. The number of amides is 1. The maximum Gasteiger partial charge on any atom is 0.223 e. The highest BCUT2D eigenvalue weighted by Gasteiger charge is 2.13. The van der Waals surface area contributed by atoms with Crippen molar-refractivity contribution in [1.82, 2.24) is 10.3 Å². The first-order valence-corrected chi connectivity index (χ1v) is 9.28. The first-order valence-electron chi connectivity index (χ1n) is 9.28. The highest BCUT2D eigenvalue weighted by Crippen LogP contribution is 2.18. The van der Waals surface area contributed by atoms with Gasteiger partial charge in [-0.3, -0.25) is 4.79 Å². The van der Waals surface area contributed by atoms with E-state index >= 15 is 0 Å². The Morgan fingerprint density at radius 2 is 1.88 bits per heavy atom. The van der Waals surface area contributed by atoms with Crippen LogP contribution in [-0.4, -0.2) is 30.6 Å². The maximum atomic E-state index is 12.1. The molecule has 1 aliphatic heterocycles. The van der Waals surface area contributed by atoms with Gasteiger partial charge in [-0.25, -0.2) is 4.98 Å². The number of rotatable bonds is 7. The Hall–Kier alpha value is -2.56. The van der Waals surface area contributed by atoms with Crippen molar-refractivity contribution in [2.75, 3.05) is 24.6 Å². The number of nitrogens with one attached hydrogen (secondary N) is 1. The summed E-state index contributed by atoms with van der Waals surface area (Å²) in [7, 11) is 0. The lowest BCUT2D eigenvalue weighted by atomic mass is 10.1. The standard InChI is InChI=1S/C21H27N3O2/c1-16-11-17(2)13-19(12-16)26-10-6-21(25)23-15-18-5-7-22-20(14-18)24-8-3-4-9-24/h5,7,11-14H,3-4,6,8-10,15H2,1-2H3,(H,23,25). The third-order valence-electron chi connectivity index (χ3n) is 4.52. The molecule has 2 aromatic rings. The van der Waals surface area contributed by atoms with Crippen LogP contribution in [0.25, 0.3) is 0 Å². The summed E-state index contributed by atoms with van der Waals surface area (Å²) in [5.41, 5.74) is 3.40. The summed E-state index contributed by atoms with van der Waals surface area (Å²) in [6.45, 7) is 7.11. The highest BCUT2D eigenvalue weighted by molar-refractivity contribution is 5.76. The predicted molar refractivity (Wildman–Crippen MR) is 104 cm³/mol. The number of nitrogens with zero attached hydrogens (tertiary/aromatic N) is 2. The Kier molecular flexibility index (Phi) is 6.10. The first-order chi connectivity index (χ1) is 12.6. The summed E-state index contributed by atoms with van der Waals surface area (Å²) >= 11 is 0. The van der Waals surface area contributed by atoms with E-state index in [1.807, 2.05) is 38.2 Å². The van der Waals surface area contributed by atoms with E-state index < -0.39 is 0 Å². The molecule has 1 saturated heterocycles. The topological polar surface area (TPSA) is 54.5 Å². The lowest BCUT2D eigenvalue weighted by Crippen LogP contribution is -2.25. The molecule has 2 heterocycles. The molecular formula is C21H27N3O2. The van der Waals surface area contributed by atoms with Gasteiger partial charge in [0.2, 0.25) is 5.91 Å². The Balaban J connectivity index is 1.43. The van der Waals surface area contributed by atoms with Gasteiger partial charge < -0.3 is 15.0 Å². The fourth-order valence-corrected chi connectivity index (χ4v) is 3.26. The van der Waals surface area contributed by atoms with E-state index in [2.05, 4.69) is 27.3 Å². The summed E-state index contributed by atoms with van der Waals surface area (Å²) in [6.07, 6.45) is 4.61. The number of ether oxygens (including phenoxy) is 1. The van der Waals surface area contributed by atoms with E-state index in [0.717, 1.165) is 41.3 Å². The first kappa shape index (κ1) is 18.2. The van der Waals surface area contributed by atoms with Gasteiger partial charge in [0.1, 0.15) is 11.6 Å². The van der Waals surface area contributed by atoms with E-state index in [1.165, 1.54) is 12.8 Å². The van der Waals surface area contributed by atoms with Crippen molar-refractivity contribution in [2.24, 2.45) is 0 Å². The minimum atomic E-state index is -0.00564. The molecule has 0 spiro atoms. The van der Waals surface area contributed by atoms with Crippen LogP contribution in [0, 0.1) is 13.8 Å². The van der Waals surface area contributed by atoms with Crippen molar-refractivity contribution >= 4 is 11.7 Å². The zero-order chi connectivity index (χ0) is 18.4. The molecule has 1 aliphatic rings. The molecule has 1 N–H and O–H groups in total. The number of hydrogen-bond acceptors (Lipinski definition) is 4. The van der Waals surface area contributed by atoms with E-state index in [1.54, 1.807) is 0 Å². The van der Waals surface area contributed by atoms with E-state index in [4.69, 9.17) is 4.74 Å². The molecule has 5 nitrogen and oxygen atoms in total. The van der Waals surface area contributed by atoms with Gasteiger partial charge in [-0.2, -0.15) is 0 Å². The van der Waals surface area contributed by atoms with Crippen molar-refractivity contribution in [3.63, 3.8) is 0 Å². The van der Waals surface area contributed by atoms with Crippen LogP contribution < -0.4 is 15.0 Å². The molecule has 1 amide bonds. The lowest BCUT2D eigenvalue weighted by molar-refractivity contribution is -0.121. The van der Waals surface area contributed by atoms with Crippen molar-refractivity contribution in [3.8, 4) is 5.75 Å². The number of anilines is 1. The molecule has 0 bridgehead atoms. The van der Waals surface area contributed by atoms with Crippen LogP contribution in [0.5, 0.6) is 5.75 Å². The lowest BCUT2D eigenvalue weighted by Gasteiger charge is -2.17. The monoisotopic (exact) mass is 353 g/mol. The van der Waals surface area contributed by atoms with Gasteiger partial charge in [-0.15, -0.1) is 0 Å². The van der Waals surface area contributed by atoms with E-state index in [-0.39, 0.29) is 5.91 Å². The number of carbonyl (C=O) groups excluding carboxylic acids is 1. The minimum absolute atomic E-state index is 0.00564. The quantitative estimate of drug-likeness (QED) is 0.829. The molecule has 5 heteroatoms.